The molecule has 392 valence electrons. The zero-order valence-electron chi connectivity index (χ0n) is 41.3. The molecule has 1 saturated heterocycles. The maximum atomic E-state index is 13.8. The first-order chi connectivity index (χ1) is 33.9. The number of primary amides is 1. The Labute approximate surface area is 413 Å². The molecule has 1 fully saturated rings. The van der Waals surface area contributed by atoms with Crippen LogP contribution < -0.4 is 27.4 Å². The van der Waals surface area contributed by atoms with Gasteiger partial charge in [0, 0.05) is 45.7 Å². The van der Waals surface area contributed by atoms with Gasteiger partial charge in [0.15, 0.2) is 6.10 Å². The van der Waals surface area contributed by atoms with Gasteiger partial charge in [-0.15, -0.1) is 0 Å². The molecule has 22 nitrogen and oxygen atoms in total. The number of esters is 4. The Kier molecular flexibility index (Phi) is 25.5. The number of nitrogens with two attached hydrogens (primary N) is 2. The summed E-state index contributed by atoms with van der Waals surface area (Å²) in [6.07, 6.45) is -7.43. The maximum Gasteiger partial charge on any atom is 0.407 e. The molecule has 0 spiro atoms. The van der Waals surface area contributed by atoms with Crippen molar-refractivity contribution in [2.45, 2.75) is 161 Å². The first kappa shape index (κ1) is 58.7. The molecule has 2 aromatic rings. The van der Waals surface area contributed by atoms with Crippen molar-refractivity contribution in [1.82, 2.24) is 20.9 Å². The van der Waals surface area contributed by atoms with Crippen molar-refractivity contribution in [2.75, 3.05) is 19.7 Å². The molecule has 1 aliphatic heterocycles. The van der Waals surface area contributed by atoms with Crippen LogP contribution in [0.4, 0.5) is 4.79 Å². The number of carbonyl (C=O) groups excluding carboxylic acids is 9. The molecule has 0 radical (unpaired) electrons. The predicted molar refractivity (Wildman–Crippen MR) is 253 cm³/mol. The molecule has 0 saturated carbocycles. The summed E-state index contributed by atoms with van der Waals surface area (Å²) in [4.78, 5) is 118. The van der Waals surface area contributed by atoms with Crippen LogP contribution in [-0.2, 0) is 84.7 Å². The quantitative estimate of drug-likeness (QED) is 0.0444. The molecule has 1 unspecified atom stereocenters. The summed E-state index contributed by atoms with van der Waals surface area (Å²) < 4.78 is 40.0. The second-order valence-corrected chi connectivity index (χ2v) is 16.8. The minimum Gasteiger partial charge on any atom is -0.463 e. The number of nitrogens with one attached hydrogen (secondary N) is 3. The van der Waals surface area contributed by atoms with Gasteiger partial charge in [-0.1, -0.05) is 81.4 Å². The Hall–Kier alpha value is -6.65. The van der Waals surface area contributed by atoms with Crippen LogP contribution in [0.25, 0.3) is 0 Å². The van der Waals surface area contributed by atoms with Crippen LogP contribution in [-0.4, -0.2) is 133 Å². The van der Waals surface area contributed by atoms with Crippen LogP contribution in [0.5, 0.6) is 0 Å². The van der Waals surface area contributed by atoms with E-state index in [1.165, 1.54) is 34.6 Å². The van der Waals surface area contributed by atoms with E-state index in [1.54, 1.807) is 31.2 Å². The van der Waals surface area contributed by atoms with Gasteiger partial charge < -0.3 is 65.5 Å². The zero-order chi connectivity index (χ0) is 52.5. The van der Waals surface area contributed by atoms with E-state index in [-0.39, 0.29) is 51.9 Å². The van der Waals surface area contributed by atoms with Crippen LogP contribution in [0, 0.1) is 0 Å². The largest absolute Gasteiger partial charge is 0.463 e. The zero-order valence-corrected chi connectivity index (χ0v) is 41.3. The number of alkyl carbamates (subject to hydrolysis) is 1. The molecule has 2 aromatic carbocycles. The van der Waals surface area contributed by atoms with Crippen LogP contribution in [0.2, 0.25) is 0 Å². The molecule has 9 atom stereocenters. The monoisotopic (exact) mass is 998 g/mol. The fourth-order valence-electron chi connectivity index (χ4n) is 7.28. The van der Waals surface area contributed by atoms with Crippen molar-refractivity contribution in [3.63, 3.8) is 0 Å². The number of nitrogens with zero attached hydrogens (tertiary/aromatic N) is 1. The Bertz CT molecular complexity index is 2060. The molecule has 1 heterocycles. The van der Waals surface area contributed by atoms with Crippen molar-refractivity contribution in [1.29, 1.82) is 0 Å². The molecule has 71 heavy (non-hydrogen) atoms. The Morgan fingerprint density at radius 1 is 0.746 bits per heavy atom. The molecule has 22 heteroatoms. The van der Waals surface area contributed by atoms with E-state index in [1.807, 2.05) is 36.4 Å². The third-order valence-electron chi connectivity index (χ3n) is 10.9. The number of rotatable bonds is 29. The highest BCUT2D eigenvalue weighted by molar-refractivity contribution is 5.90. The average Bonchev–Trinajstić information content (AvgIpc) is 3.35. The van der Waals surface area contributed by atoms with Gasteiger partial charge in [0.2, 0.25) is 29.9 Å². The number of carbonyl (C=O) groups is 9. The van der Waals surface area contributed by atoms with E-state index >= 15 is 0 Å². The molecule has 7 N–H and O–H groups in total. The van der Waals surface area contributed by atoms with Gasteiger partial charge in [-0.25, -0.2) is 9.59 Å². The summed E-state index contributed by atoms with van der Waals surface area (Å²) in [6.45, 7) is 8.02. The second kappa shape index (κ2) is 30.8. The normalized spacial score (nSPS) is 19.0. The lowest BCUT2D eigenvalue weighted by atomic mass is 9.95. The average molecular weight is 999 g/mol. The second-order valence-electron chi connectivity index (χ2n) is 16.8. The Balaban J connectivity index is 1.82. The molecule has 5 amide bonds. The van der Waals surface area contributed by atoms with Crippen LogP contribution in [0.1, 0.15) is 104 Å². The Morgan fingerprint density at radius 2 is 1.34 bits per heavy atom. The maximum absolute atomic E-state index is 13.8. The van der Waals surface area contributed by atoms with E-state index in [9.17, 15) is 43.2 Å². The van der Waals surface area contributed by atoms with Gasteiger partial charge in [0.25, 0.3) is 0 Å². The number of ether oxygens (including phenoxy) is 7. The van der Waals surface area contributed by atoms with Crippen molar-refractivity contribution in [3.05, 3.63) is 71.8 Å². The van der Waals surface area contributed by atoms with E-state index in [0.717, 1.165) is 10.5 Å². The molecule has 0 bridgehead atoms. The summed E-state index contributed by atoms with van der Waals surface area (Å²) >= 11 is 0. The minimum absolute atomic E-state index is 0.00514. The lowest BCUT2D eigenvalue weighted by Gasteiger charge is -2.46. The van der Waals surface area contributed by atoms with Crippen LogP contribution in [0.3, 0.4) is 0 Å². The molecular formula is C49H70N6O16. The van der Waals surface area contributed by atoms with Gasteiger partial charge in [-0.2, -0.15) is 0 Å². The van der Waals surface area contributed by atoms with E-state index in [2.05, 4.69) is 16.0 Å². The predicted octanol–water partition coefficient (Wildman–Crippen LogP) is 2.35. The van der Waals surface area contributed by atoms with Gasteiger partial charge in [-0.05, 0) is 50.7 Å². The van der Waals surface area contributed by atoms with Crippen LogP contribution >= 0.6 is 0 Å². The lowest BCUT2D eigenvalue weighted by molar-refractivity contribution is -0.280. The van der Waals surface area contributed by atoms with Crippen molar-refractivity contribution in [2.24, 2.45) is 11.5 Å². The van der Waals surface area contributed by atoms with Gasteiger partial charge in [0.05, 0.1) is 12.1 Å². The number of amides is 5. The molecule has 3 rings (SSSR count). The first-order valence-corrected chi connectivity index (χ1v) is 23.8. The van der Waals surface area contributed by atoms with Crippen molar-refractivity contribution in [3.8, 4) is 0 Å². The third-order valence-corrected chi connectivity index (χ3v) is 10.9. The van der Waals surface area contributed by atoms with E-state index in [0.29, 0.717) is 18.4 Å². The highest BCUT2D eigenvalue weighted by Crippen LogP contribution is 2.30. The summed E-state index contributed by atoms with van der Waals surface area (Å²) in [7, 11) is 0. The number of unbranched alkanes of at least 4 members (excludes halogenated alkanes) is 1. The van der Waals surface area contributed by atoms with Crippen LogP contribution in [0.15, 0.2) is 60.7 Å². The number of hydrogen-bond donors (Lipinski definition) is 5. The lowest BCUT2D eigenvalue weighted by Crippen LogP contribution is -2.67. The van der Waals surface area contributed by atoms with E-state index in [4.69, 9.17) is 44.6 Å². The summed E-state index contributed by atoms with van der Waals surface area (Å²) in [5, 5.41) is 7.98. The fraction of sp³-hybridized carbons (Fsp3) is 0.571. The van der Waals surface area contributed by atoms with Gasteiger partial charge in [0.1, 0.15) is 50.2 Å². The molecule has 0 aliphatic carbocycles. The van der Waals surface area contributed by atoms with Gasteiger partial charge in [-0.3, -0.25) is 33.6 Å². The number of hydrogen-bond acceptors (Lipinski definition) is 17. The summed E-state index contributed by atoms with van der Waals surface area (Å²) in [6, 6.07) is 12.9. The van der Waals surface area contributed by atoms with E-state index < -0.39 is 128 Å². The smallest absolute Gasteiger partial charge is 0.407 e. The van der Waals surface area contributed by atoms with Gasteiger partial charge >= 0.3 is 30.0 Å². The minimum atomic E-state index is -1.55. The first-order valence-electron chi connectivity index (χ1n) is 23.8. The summed E-state index contributed by atoms with van der Waals surface area (Å²) in [5.41, 5.74) is 13.5. The van der Waals surface area contributed by atoms with Crippen molar-refractivity contribution < 1.29 is 76.3 Å². The van der Waals surface area contributed by atoms with Crippen molar-refractivity contribution >= 4 is 53.6 Å². The fourth-order valence-corrected chi connectivity index (χ4v) is 7.28. The molecule has 0 aromatic heterocycles. The highest BCUT2D eigenvalue weighted by Gasteiger charge is 2.52. The SMILES string of the molecule is CCC(=O)OC[C@H]1O[C@H](OC(=O)CC)[C@H](NC(C)=O)[C@@H](OC(C)CN(C(=O)[C@H](C)N)[C@H](CCC(=O)N[C@@H](CCCCNC(=O)OCc2ccccc2)C(=O)OCc2ccccc2)C(N)=O)[C@@H]1OC(=O)CC. The summed E-state index contributed by atoms with van der Waals surface area (Å²) in [5.74, 6) is -5.86. The number of benzene rings is 2. The highest BCUT2D eigenvalue weighted by atomic mass is 16.7. The topological polar surface area (TPSA) is 310 Å². The molecule has 1 aliphatic rings. The standard InChI is InChI=1S/C49H70N6O16/c1-7-39(58)65-29-37-43(70-40(59)8-2)44(42(53-32(6)56)48(69-37)71-41(60)9-3)68-30(4)26-55(46(62)31(5)50)36(45(51)61)23-24-38(57)54-35(47(63)66-27-33-18-12-10-13-19-33)22-16-17-25-52-49(64)67-28-34-20-14-11-15-21-34/h10-15,18-21,30-31,35-37,42-44,48H,7-9,16-17,22-29,50H2,1-6H3,(H2,51,61)(H,52,64)(H,53,56)(H,54,57)/t30?,31-,35-,36+,37+,42+,43+,44+,48+/m0/s1. The molecular weight excluding hydrogens is 929 g/mol. The Morgan fingerprint density at radius 3 is 1.90 bits per heavy atom. The third kappa shape index (κ3) is 20.7.